The number of carbonyl (C=O) groups excluding carboxylic acids is 1. The van der Waals surface area contributed by atoms with Crippen molar-refractivity contribution in [2.24, 2.45) is 13.0 Å². The second kappa shape index (κ2) is 8.21. The Bertz CT molecular complexity index is 1140. The van der Waals surface area contributed by atoms with E-state index in [9.17, 15) is 4.79 Å². The van der Waals surface area contributed by atoms with Crippen molar-refractivity contribution < 1.29 is 19.1 Å². The minimum absolute atomic E-state index is 0.240. The lowest BCUT2D eigenvalue weighted by Gasteiger charge is -2.37. The number of nitrogens with zero attached hydrogens (tertiary/aromatic N) is 2. The number of hydroxylamine groups is 2. The highest BCUT2D eigenvalue weighted by Crippen LogP contribution is 2.42. The maximum Gasteiger partial charge on any atom is 0.315 e. The number of esters is 1. The van der Waals surface area contributed by atoms with Gasteiger partial charge in [0.05, 0.1) is 25.7 Å². The molecule has 0 unspecified atom stereocenters. The Kier molecular flexibility index (Phi) is 5.26. The quantitative estimate of drug-likeness (QED) is 0.474. The number of hydrogen-bond donors (Lipinski definition) is 0. The van der Waals surface area contributed by atoms with Crippen molar-refractivity contribution in [3.05, 3.63) is 77.5 Å². The van der Waals surface area contributed by atoms with Crippen molar-refractivity contribution in [2.45, 2.75) is 19.1 Å². The van der Waals surface area contributed by atoms with Crippen LogP contribution in [-0.2, 0) is 34.4 Å². The number of fused-ring (bicyclic) bond motifs is 5. The topological polar surface area (TPSA) is 52.9 Å². The number of methoxy groups -OCH3 is 1. The van der Waals surface area contributed by atoms with Crippen LogP contribution in [0.15, 0.2) is 60.7 Å². The predicted octanol–water partition coefficient (Wildman–Crippen LogP) is 3.95. The Morgan fingerprint density at radius 1 is 1.19 bits per heavy atom. The van der Waals surface area contributed by atoms with Crippen LogP contribution in [0.4, 0.5) is 0 Å². The fourth-order valence-electron chi connectivity index (χ4n) is 4.76. The molecule has 0 aliphatic carbocycles. The number of aromatic nitrogens is 1. The van der Waals surface area contributed by atoms with Crippen LogP contribution in [-0.4, -0.2) is 35.9 Å². The number of carbonyl (C=O) groups is 1. The first-order valence-corrected chi connectivity index (χ1v) is 10.6. The van der Waals surface area contributed by atoms with Gasteiger partial charge in [0, 0.05) is 30.2 Å². The summed E-state index contributed by atoms with van der Waals surface area (Å²) in [5.74, 6) is 0.144. The van der Waals surface area contributed by atoms with E-state index in [-0.39, 0.29) is 18.6 Å². The highest BCUT2D eigenvalue weighted by molar-refractivity contribution is 5.88. The van der Waals surface area contributed by atoms with Gasteiger partial charge >= 0.3 is 5.97 Å². The van der Waals surface area contributed by atoms with Gasteiger partial charge in [0.15, 0.2) is 0 Å². The Morgan fingerprint density at radius 3 is 2.84 bits per heavy atom. The van der Waals surface area contributed by atoms with E-state index in [2.05, 4.69) is 23.7 Å². The van der Waals surface area contributed by atoms with Crippen LogP contribution in [0.2, 0.25) is 0 Å². The summed E-state index contributed by atoms with van der Waals surface area (Å²) in [6, 6.07) is 15.7. The van der Waals surface area contributed by atoms with Gasteiger partial charge in [-0.1, -0.05) is 42.5 Å². The van der Waals surface area contributed by atoms with Crippen molar-refractivity contribution in [3.63, 3.8) is 0 Å². The first-order valence-electron chi connectivity index (χ1n) is 10.6. The summed E-state index contributed by atoms with van der Waals surface area (Å²) < 4.78 is 13.4. The van der Waals surface area contributed by atoms with Gasteiger partial charge in [-0.2, -0.15) is 5.06 Å². The molecule has 0 fully saturated rings. The summed E-state index contributed by atoms with van der Waals surface area (Å²) in [4.78, 5) is 19.2. The zero-order valence-corrected chi connectivity index (χ0v) is 17.8. The van der Waals surface area contributed by atoms with Gasteiger partial charge in [-0.3, -0.25) is 9.63 Å². The monoisotopic (exact) mass is 418 g/mol. The molecule has 2 aliphatic heterocycles. The molecule has 160 valence electrons. The third-order valence-electron chi connectivity index (χ3n) is 6.25. The largest absolute Gasteiger partial charge is 0.497 e. The maximum absolute atomic E-state index is 13.2. The molecule has 0 saturated carbocycles. The van der Waals surface area contributed by atoms with Crippen molar-refractivity contribution in [1.82, 2.24) is 9.63 Å². The lowest BCUT2D eigenvalue weighted by Crippen LogP contribution is -2.41. The second-order valence-corrected chi connectivity index (χ2v) is 7.98. The number of ether oxygens (including phenoxy) is 2. The summed E-state index contributed by atoms with van der Waals surface area (Å²) in [6.07, 6.45) is 4.70. The normalized spacial score (nSPS) is 20.7. The lowest BCUT2D eigenvalue weighted by molar-refractivity contribution is -0.195. The van der Waals surface area contributed by atoms with Crippen LogP contribution in [0, 0.1) is 5.92 Å². The average molecular weight is 418 g/mol. The third kappa shape index (κ3) is 3.52. The Balaban J connectivity index is 1.52. The van der Waals surface area contributed by atoms with Crippen molar-refractivity contribution in [1.29, 1.82) is 0 Å². The van der Waals surface area contributed by atoms with Gasteiger partial charge in [-0.25, -0.2) is 0 Å². The van der Waals surface area contributed by atoms with Gasteiger partial charge in [0.2, 0.25) is 0 Å². The minimum atomic E-state index is -0.449. The van der Waals surface area contributed by atoms with Crippen LogP contribution in [0.25, 0.3) is 10.9 Å². The van der Waals surface area contributed by atoms with E-state index < -0.39 is 5.92 Å². The molecule has 0 radical (unpaired) electrons. The molecule has 1 aromatic heterocycles. The molecule has 2 aliphatic rings. The summed E-state index contributed by atoms with van der Waals surface area (Å²) in [5, 5.41) is 3.12. The van der Waals surface area contributed by atoms with E-state index in [1.807, 2.05) is 53.6 Å². The van der Waals surface area contributed by atoms with E-state index in [1.165, 1.54) is 10.9 Å². The van der Waals surface area contributed by atoms with Crippen molar-refractivity contribution in [3.8, 4) is 5.75 Å². The first kappa shape index (κ1) is 19.8. The van der Waals surface area contributed by atoms with Crippen LogP contribution in [0.3, 0.4) is 0 Å². The molecule has 31 heavy (non-hydrogen) atoms. The van der Waals surface area contributed by atoms with Crippen molar-refractivity contribution in [2.75, 3.05) is 20.3 Å². The van der Waals surface area contributed by atoms with Crippen LogP contribution in [0.5, 0.6) is 5.75 Å². The molecular formula is C25H26N2O4. The van der Waals surface area contributed by atoms with Gasteiger partial charge in [-0.15, -0.1) is 0 Å². The zero-order valence-electron chi connectivity index (χ0n) is 17.8. The minimum Gasteiger partial charge on any atom is -0.497 e. The van der Waals surface area contributed by atoms with E-state index in [1.54, 1.807) is 7.11 Å². The highest BCUT2D eigenvalue weighted by atomic mass is 16.7. The van der Waals surface area contributed by atoms with Gasteiger partial charge < -0.3 is 14.0 Å². The van der Waals surface area contributed by atoms with E-state index in [4.69, 9.17) is 14.3 Å². The molecule has 3 heterocycles. The van der Waals surface area contributed by atoms with Crippen molar-refractivity contribution >= 4 is 16.9 Å². The summed E-state index contributed by atoms with van der Waals surface area (Å²) in [5.41, 5.74) is 4.44. The van der Waals surface area contributed by atoms with E-state index >= 15 is 0 Å². The molecule has 2 aromatic carbocycles. The fourth-order valence-corrected chi connectivity index (χ4v) is 4.76. The molecule has 2 atom stereocenters. The highest BCUT2D eigenvalue weighted by Gasteiger charge is 2.42. The number of hydrogen-bond acceptors (Lipinski definition) is 5. The molecule has 3 aromatic rings. The number of aryl methyl sites for hydroxylation is 1. The summed E-state index contributed by atoms with van der Waals surface area (Å²) >= 11 is 0. The SMILES string of the molecule is COc1ccc2c(c1)c1c(n2C)[C@@H]2[C@H](C(=O)OCc3ccccc3)C=CCON2CC1. The van der Waals surface area contributed by atoms with Gasteiger partial charge in [0.25, 0.3) is 0 Å². The Morgan fingerprint density at radius 2 is 2.03 bits per heavy atom. The molecule has 0 bridgehead atoms. The van der Waals surface area contributed by atoms with Gasteiger partial charge in [0.1, 0.15) is 12.4 Å². The number of rotatable bonds is 4. The van der Waals surface area contributed by atoms with Crippen LogP contribution in [0.1, 0.15) is 22.9 Å². The molecule has 0 N–H and O–H groups in total. The molecule has 5 rings (SSSR count). The molecular weight excluding hydrogens is 392 g/mol. The lowest BCUT2D eigenvalue weighted by atomic mass is 9.89. The summed E-state index contributed by atoms with van der Waals surface area (Å²) in [6.45, 7) is 1.43. The molecule has 6 nitrogen and oxygen atoms in total. The molecule has 0 saturated heterocycles. The van der Waals surface area contributed by atoms with Crippen LogP contribution >= 0.6 is 0 Å². The third-order valence-corrected chi connectivity index (χ3v) is 6.25. The average Bonchev–Trinajstić information content (AvgIpc) is 2.95. The second-order valence-electron chi connectivity index (χ2n) is 7.98. The Labute approximate surface area is 181 Å². The first-order chi connectivity index (χ1) is 15.2. The maximum atomic E-state index is 13.2. The summed E-state index contributed by atoms with van der Waals surface area (Å²) in [7, 11) is 3.74. The molecule has 0 amide bonds. The van der Waals surface area contributed by atoms with Crippen LogP contribution < -0.4 is 4.74 Å². The smallest absolute Gasteiger partial charge is 0.315 e. The van der Waals surface area contributed by atoms with E-state index in [0.29, 0.717) is 6.61 Å². The molecule has 6 heteroatoms. The predicted molar refractivity (Wildman–Crippen MR) is 117 cm³/mol. The number of benzene rings is 2. The van der Waals surface area contributed by atoms with Gasteiger partial charge in [-0.05, 0) is 35.7 Å². The standard InChI is InChI=1S/C25H26N2O4/c1-26-22-11-10-18(29-2)15-21(22)19-12-13-27-24(23(19)26)20(9-6-14-31-27)25(28)30-16-17-7-4-3-5-8-17/h3-11,15,20,24H,12-14,16H2,1-2H3/t20-,24+/m1/s1. The zero-order chi connectivity index (χ0) is 21.4. The molecule has 0 spiro atoms. The Hall–Kier alpha value is -3.09. The fraction of sp³-hybridized carbons (Fsp3) is 0.320. The van der Waals surface area contributed by atoms with E-state index in [0.717, 1.165) is 35.5 Å².